The zero-order valence-electron chi connectivity index (χ0n) is 11.8. The highest BCUT2D eigenvalue weighted by molar-refractivity contribution is 5.61. The Morgan fingerprint density at radius 3 is 2.43 bits per heavy atom. The van der Waals surface area contributed by atoms with Crippen LogP contribution in [-0.4, -0.2) is 12.1 Å². The molecule has 3 rings (SSSR count). The number of anilines is 1. The fraction of sp³-hybridized carbons (Fsp3) is 0.125. The third-order valence-electron chi connectivity index (χ3n) is 3.21. The normalized spacial score (nSPS) is 13.9. The summed E-state index contributed by atoms with van der Waals surface area (Å²) in [6.45, 7) is 4.47. The number of para-hydroxylation sites is 2. The number of ether oxygens (including phenoxy) is 1. The molecule has 0 saturated heterocycles. The summed E-state index contributed by atoms with van der Waals surface area (Å²) in [4.78, 5) is 0. The zero-order chi connectivity index (χ0) is 14.7. The molecule has 0 aliphatic carbocycles. The standard InChI is InChI=1S/C16H16N4O/c1-13-19(2)17-18-20(13)15-10-6-7-11-16(15)21-12-14-8-4-3-5-9-14/h3-11H,1,12H2,2H3. The first kappa shape index (κ1) is 13.2. The van der Waals surface area contributed by atoms with E-state index in [4.69, 9.17) is 4.74 Å². The predicted octanol–water partition coefficient (Wildman–Crippen LogP) is 3.77. The van der Waals surface area contributed by atoms with Crippen molar-refractivity contribution in [1.29, 1.82) is 0 Å². The van der Waals surface area contributed by atoms with Gasteiger partial charge in [0.1, 0.15) is 23.9 Å². The van der Waals surface area contributed by atoms with Gasteiger partial charge in [0.05, 0.1) is 0 Å². The molecule has 0 spiro atoms. The van der Waals surface area contributed by atoms with Crippen molar-refractivity contribution in [3.8, 4) is 5.75 Å². The van der Waals surface area contributed by atoms with Crippen LogP contribution in [0, 0.1) is 0 Å². The maximum absolute atomic E-state index is 5.92. The van der Waals surface area contributed by atoms with E-state index in [2.05, 4.69) is 17.0 Å². The van der Waals surface area contributed by atoms with Crippen LogP contribution in [0.15, 0.2) is 77.4 Å². The predicted molar refractivity (Wildman–Crippen MR) is 81.5 cm³/mol. The Bertz CT molecular complexity index is 669. The van der Waals surface area contributed by atoms with E-state index in [1.807, 2.05) is 54.6 Å². The Morgan fingerprint density at radius 1 is 1.00 bits per heavy atom. The Balaban J connectivity index is 1.80. The summed E-state index contributed by atoms with van der Waals surface area (Å²) < 4.78 is 5.92. The molecule has 0 unspecified atom stereocenters. The summed E-state index contributed by atoms with van der Waals surface area (Å²) in [5.74, 6) is 1.43. The maximum Gasteiger partial charge on any atom is 0.146 e. The van der Waals surface area contributed by atoms with Crippen LogP contribution in [0.25, 0.3) is 0 Å². The van der Waals surface area contributed by atoms with Crippen LogP contribution in [0.4, 0.5) is 5.69 Å². The van der Waals surface area contributed by atoms with Crippen LogP contribution in [0.1, 0.15) is 5.56 Å². The molecule has 0 fully saturated rings. The van der Waals surface area contributed by atoms with Crippen molar-refractivity contribution >= 4 is 5.69 Å². The lowest BCUT2D eigenvalue weighted by molar-refractivity contribution is 0.306. The molecule has 106 valence electrons. The molecule has 0 saturated carbocycles. The number of rotatable bonds is 4. The summed E-state index contributed by atoms with van der Waals surface area (Å²) in [6.07, 6.45) is 0. The second-order valence-electron chi connectivity index (χ2n) is 4.67. The van der Waals surface area contributed by atoms with E-state index in [0.29, 0.717) is 12.4 Å². The minimum absolute atomic E-state index is 0.505. The highest BCUT2D eigenvalue weighted by Gasteiger charge is 2.22. The Kier molecular flexibility index (Phi) is 3.55. The van der Waals surface area contributed by atoms with E-state index < -0.39 is 0 Å². The molecule has 0 aromatic heterocycles. The summed E-state index contributed by atoms with van der Waals surface area (Å²) in [6, 6.07) is 17.8. The van der Waals surface area contributed by atoms with Crippen molar-refractivity contribution in [2.24, 2.45) is 10.4 Å². The first-order chi connectivity index (χ1) is 10.3. The smallest absolute Gasteiger partial charge is 0.146 e. The first-order valence-corrected chi connectivity index (χ1v) is 6.66. The molecule has 0 N–H and O–H groups in total. The molecule has 0 radical (unpaired) electrons. The number of hydrogen-bond acceptors (Lipinski definition) is 5. The van der Waals surface area contributed by atoms with Crippen LogP contribution >= 0.6 is 0 Å². The number of nitrogens with zero attached hydrogens (tertiary/aromatic N) is 4. The van der Waals surface area contributed by atoms with Gasteiger partial charge in [0, 0.05) is 7.05 Å². The minimum atomic E-state index is 0.505. The molecule has 0 bridgehead atoms. The van der Waals surface area contributed by atoms with Gasteiger partial charge in [0.25, 0.3) is 0 Å². The van der Waals surface area contributed by atoms with E-state index in [-0.39, 0.29) is 0 Å². The van der Waals surface area contributed by atoms with Crippen LogP contribution in [0.2, 0.25) is 0 Å². The molecule has 2 aromatic rings. The minimum Gasteiger partial charge on any atom is -0.487 e. The molecule has 1 heterocycles. The highest BCUT2D eigenvalue weighted by Crippen LogP contribution is 2.34. The molecule has 0 amide bonds. The van der Waals surface area contributed by atoms with Gasteiger partial charge in [-0.3, -0.25) is 0 Å². The van der Waals surface area contributed by atoms with Crippen LogP contribution in [-0.2, 0) is 6.61 Å². The summed E-state index contributed by atoms with van der Waals surface area (Å²) >= 11 is 0. The SMILES string of the molecule is C=C1N(C)N=NN1c1ccccc1OCc1ccccc1. The second-order valence-corrected chi connectivity index (χ2v) is 4.67. The van der Waals surface area contributed by atoms with Gasteiger partial charge in [-0.2, -0.15) is 5.01 Å². The van der Waals surface area contributed by atoms with Gasteiger partial charge in [-0.15, -0.1) is 0 Å². The maximum atomic E-state index is 5.92. The van der Waals surface area contributed by atoms with Gasteiger partial charge in [-0.25, -0.2) is 5.01 Å². The molecule has 0 atom stereocenters. The van der Waals surface area contributed by atoms with Gasteiger partial charge in [0.2, 0.25) is 0 Å². The van der Waals surface area contributed by atoms with Crippen molar-refractivity contribution in [2.45, 2.75) is 6.61 Å². The molecule has 5 heteroatoms. The van der Waals surface area contributed by atoms with Crippen LogP contribution in [0.5, 0.6) is 5.75 Å². The van der Waals surface area contributed by atoms with Gasteiger partial charge in [-0.1, -0.05) is 49.0 Å². The molecular formula is C16H16N4O. The van der Waals surface area contributed by atoms with Crippen LogP contribution < -0.4 is 9.75 Å². The first-order valence-electron chi connectivity index (χ1n) is 6.66. The lowest BCUT2D eigenvalue weighted by atomic mass is 10.2. The summed E-state index contributed by atoms with van der Waals surface area (Å²) in [5, 5.41) is 11.3. The fourth-order valence-electron chi connectivity index (χ4n) is 2.02. The van der Waals surface area contributed by atoms with Crippen molar-refractivity contribution in [1.82, 2.24) is 5.01 Å². The van der Waals surface area contributed by atoms with Crippen molar-refractivity contribution in [3.63, 3.8) is 0 Å². The van der Waals surface area contributed by atoms with Gasteiger partial charge in [-0.05, 0) is 28.1 Å². The highest BCUT2D eigenvalue weighted by atomic mass is 16.5. The Labute approximate surface area is 123 Å². The van der Waals surface area contributed by atoms with Gasteiger partial charge >= 0.3 is 0 Å². The average molecular weight is 280 g/mol. The molecule has 1 aliphatic heterocycles. The Morgan fingerprint density at radius 2 is 1.71 bits per heavy atom. The monoisotopic (exact) mass is 280 g/mol. The van der Waals surface area contributed by atoms with E-state index in [1.165, 1.54) is 0 Å². The molecular weight excluding hydrogens is 264 g/mol. The van der Waals surface area contributed by atoms with Crippen molar-refractivity contribution in [2.75, 3.05) is 12.1 Å². The average Bonchev–Trinajstić information content (AvgIpc) is 2.86. The largest absolute Gasteiger partial charge is 0.487 e. The lowest BCUT2D eigenvalue weighted by Gasteiger charge is -2.19. The van der Waals surface area contributed by atoms with E-state index in [9.17, 15) is 0 Å². The van der Waals surface area contributed by atoms with E-state index in [0.717, 1.165) is 17.0 Å². The van der Waals surface area contributed by atoms with E-state index >= 15 is 0 Å². The molecule has 1 aliphatic rings. The quantitative estimate of drug-likeness (QED) is 0.856. The fourth-order valence-corrected chi connectivity index (χ4v) is 2.02. The van der Waals surface area contributed by atoms with E-state index in [1.54, 1.807) is 17.1 Å². The number of hydrogen-bond donors (Lipinski definition) is 0. The van der Waals surface area contributed by atoms with Crippen molar-refractivity contribution < 1.29 is 4.74 Å². The third-order valence-corrected chi connectivity index (χ3v) is 3.21. The molecule has 5 nitrogen and oxygen atoms in total. The lowest BCUT2D eigenvalue weighted by Crippen LogP contribution is -2.18. The van der Waals surface area contributed by atoms with Crippen LogP contribution in [0.3, 0.4) is 0 Å². The third kappa shape index (κ3) is 2.72. The second kappa shape index (κ2) is 5.66. The molecule has 21 heavy (non-hydrogen) atoms. The summed E-state index contributed by atoms with van der Waals surface area (Å²) in [5.41, 5.74) is 1.94. The van der Waals surface area contributed by atoms with Crippen molar-refractivity contribution in [3.05, 3.63) is 72.6 Å². The van der Waals surface area contributed by atoms with Gasteiger partial charge < -0.3 is 4.74 Å². The zero-order valence-corrected chi connectivity index (χ0v) is 11.8. The number of benzene rings is 2. The van der Waals surface area contributed by atoms with Gasteiger partial charge in [0.15, 0.2) is 0 Å². The topological polar surface area (TPSA) is 40.4 Å². The molecule has 2 aromatic carbocycles. The Hall–Kier alpha value is -2.82. The summed E-state index contributed by atoms with van der Waals surface area (Å²) in [7, 11) is 1.80.